The van der Waals surface area contributed by atoms with E-state index in [1.165, 1.54) is 0 Å². The third kappa shape index (κ3) is 11.3. The van der Waals surface area contributed by atoms with Crippen molar-refractivity contribution in [1.82, 2.24) is 25.3 Å². The van der Waals surface area contributed by atoms with E-state index in [2.05, 4.69) is 29.5 Å². The highest BCUT2D eigenvalue weighted by Crippen LogP contribution is 2.42. The van der Waals surface area contributed by atoms with Gasteiger partial charge in [0.05, 0.1) is 6.04 Å². The summed E-state index contributed by atoms with van der Waals surface area (Å²) < 4.78 is 12.5. The fourth-order valence-electron chi connectivity index (χ4n) is 6.45. The first-order valence-corrected chi connectivity index (χ1v) is 19.3. The summed E-state index contributed by atoms with van der Waals surface area (Å²) in [6.45, 7) is 8.31. The highest BCUT2D eigenvalue weighted by atomic mass is 31.2. The van der Waals surface area contributed by atoms with Crippen molar-refractivity contribution in [3.8, 4) is 0 Å². The monoisotopic (exact) mass is 747 g/mol. The van der Waals surface area contributed by atoms with Gasteiger partial charge in [0.25, 0.3) is 11.8 Å². The maximum absolute atomic E-state index is 13.2. The smallest absolute Gasteiger partial charge is 0.342 e. The topological polar surface area (TPSA) is 249 Å². The number of imide groups is 1. The van der Waals surface area contributed by atoms with Gasteiger partial charge in [0.15, 0.2) is 0 Å². The number of urea groups is 1. The van der Waals surface area contributed by atoms with Gasteiger partial charge in [-0.05, 0) is 75.6 Å². The summed E-state index contributed by atoms with van der Waals surface area (Å²) in [6, 6.07) is 8.05. The fraction of sp³-hybridized carbons (Fsp3) is 0.571. The Kier molecular flexibility index (Phi) is 15.7. The minimum absolute atomic E-state index is 0.0802. The zero-order valence-electron chi connectivity index (χ0n) is 30.4. The lowest BCUT2D eigenvalue weighted by Crippen LogP contribution is -2.54. The Morgan fingerprint density at radius 1 is 0.981 bits per heavy atom. The second-order valence-electron chi connectivity index (χ2n) is 13.7. The Morgan fingerprint density at radius 3 is 2.10 bits per heavy atom. The predicted octanol–water partition coefficient (Wildman–Crippen LogP) is 2.12. The largest absolute Gasteiger partial charge is 0.480 e. The van der Waals surface area contributed by atoms with Crippen molar-refractivity contribution >= 4 is 48.1 Å². The highest BCUT2D eigenvalue weighted by Gasteiger charge is 2.38. The lowest BCUT2D eigenvalue weighted by Gasteiger charge is -2.38. The number of hydrogen-bond acceptors (Lipinski definition) is 9. The standard InChI is InChI=1S/C27H37N4O8P.C8H17N3O/c1-16(2)15-21(24(32)30-20(27(35)36)11-3-4-13-28)29-22(40(37,38)39)12-14-31-25(33)18-9-5-7-17-8-6-10-19(23(17)18)26(31)34;1-3-7-6-11(8(9)12)5-4-10(7)2/h5-10,16,20-22,29H,3-4,11-15,28H2,1-2H3,(H,30,32)(H,35,36)(H2,37,38,39);7H,3-6H2,1-2H3,(H2,9,12)/t20?,21?,22-;7-/m00/s1. The summed E-state index contributed by atoms with van der Waals surface area (Å²) in [4.78, 5) is 87.3. The summed E-state index contributed by atoms with van der Waals surface area (Å²) in [7, 11) is -2.79. The summed E-state index contributed by atoms with van der Waals surface area (Å²) >= 11 is 0. The number of carbonyl (C=O) groups is 5. The molecule has 288 valence electrons. The molecule has 5 amide bonds. The van der Waals surface area contributed by atoms with Gasteiger partial charge in [0.2, 0.25) is 5.91 Å². The molecule has 2 aromatic carbocycles. The van der Waals surface area contributed by atoms with E-state index >= 15 is 0 Å². The number of piperazine rings is 1. The molecule has 0 aromatic heterocycles. The van der Waals surface area contributed by atoms with Gasteiger partial charge in [-0.3, -0.25) is 34.1 Å². The Morgan fingerprint density at radius 2 is 1.60 bits per heavy atom. The molecule has 1 saturated heterocycles. The van der Waals surface area contributed by atoms with Crippen molar-refractivity contribution in [2.75, 3.05) is 39.8 Å². The molecule has 0 saturated carbocycles. The Hall–Kier alpha value is -3.92. The molecule has 0 radical (unpaired) electrons. The molecule has 2 unspecified atom stereocenters. The fourth-order valence-corrected chi connectivity index (χ4v) is 7.27. The maximum atomic E-state index is 13.2. The quantitative estimate of drug-likeness (QED) is 0.0742. The Balaban J connectivity index is 0.000000513. The molecule has 1 fully saturated rings. The van der Waals surface area contributed by atoms with Crippen LogP contribution in [0.1, 0.15) is 80.0 Å². The summed E-state index contributed by atoms with van der Waals surface area (Å²) in [5, 5.41) is 16.0. The van der Waals surface area contributed by atoms with Crippen LogP contribution in [0.2, 0.25) is 0 Å². The van der Waals surface area contributed by atoms with Crippen LogP contribution in [0, 0.1) is 5.92 Å². The third-order valence-corrected chi connectivity index (χ3v) is 10.6. The molecule has 2 heterocycles. The second kappa shape index (κ2) is 19.2. The first-order valence-electron chi connectivity index (χ1n) is 17.7. The molecule has 2 aromatic rings. The number of carbonyl (C=O) groups excluding carboxylic acids is 4. The number of aliphatic carboxylic acids is 1. The van der Waals surface area contributed by atoms with Gasteiger partial charge < -0.3 is 36.6 Å². The van der Waals surface area contributed by atoms with E-state index in [1.54, 1.807) is 41.3 Å². The van der Waals surface area contributed by atoms with E-state index in [-0.39, 0.29) is 37.8 Å². The van der Waals surface area contributed by atoms with Gasteiger partial charge in [-0.2, -0.15) is 0 Å². The molecule has 0 spiro atoms. The van der Waals surface area contributed by atoms with Gasteiger partial charge >= 0.3 is 19.6 Å². The number of hydrogen-bond donors (Lipinski definition) is 7. The Labute approximate surface area is 304 Å². The zero-order chi connectivity index (χ0) is 38.7. The van der Waals surface area contributed by atoms with Gasteiger partial charge in [-0.15, -0.1) is 0 Å². The number of nitrogens with two attached hydrogens (primary N) is 2. The highest BCUT2D eigenvalue weighted by molar-refractivity contribution is 7.52. The molecule has 4 rings (SSSR count). The molecule has 17 heteroatoms. The van der Waals surface area contributed by atoms with Crippen molar-refractivity contribution in [3.05, 3.63) is 47.5 Å². The van der Waals surface area contributed by atoms with E-state index in [4.69, 9.17) is 11.5 Å². The number of benzene rings is 2. The van der Waals surface area contributed by atoms with Crippen LogP contribution in [0.4, 0.5) is 4.79 Å². The van der Waals surface area contributed by atoms with E-state index in [0.29, 0.717) is 41.9 Å². The zero-order valence-corrected chi connectivity index (χ0v) is 31.3. The van der Waals surface area contributed by atoms with Crippen molar-refractivity contribution < 1.29 is 43.4 Å². The SMILES string of the molecule is CC(C)CC(N[C@H](CCN1C(=O)c2cccc3cccc(c23)C1=O)P(=O)(O)O)C(=O)NC(CCCCN)C(=O)O.CC[C@H]1CN(C(N)=O)CCN1C. The van der Waals surface area contributed by atoms with Crippen LogP contribution < -0.4 is 22.1 Å². The lowest BCUT2D eigenvalue weighted by molar-refractivity contribution is -0.142. The number of amides is 5. The van der Waals surface area contributed by atoms with Crippen LogP contribution in [0.15, 0.2) is 36.4 Å². The van der Waals surface area contributed by atoms with Gasteiger partial charge in [0.1, 0.15) is 11.8 Å². The number of rotatable bonds is 16. The molecule has 0 aliphatic carbocycles. The number of nitrogens with one attached hydrogen (secondary N) is 2. The number of likely N-dealkylation sites (N-methyl/N-ethyl adjacent to an activating group) is 1. The number of carboxylic acids is 1. The first kappa shape index (κ1) is 42.5. The van der Waals surface area contributed by atoms with Gasteiger partial charge in [-0.1, -0.05) is 45.0 Å². The van der Waals surface area contributed by atoms with Crippen LogP contribution >= 0.6 is 7.60 Å². The molecule has 2 aliphatic heterocycles. The van der Waals surface area contributed by atoms with Crippen LogP contribution in [0.25, 0.3) is 10.8 Å². The van der Waals surface area contributed by atoms with Crippen molar-refractivity contribution in [1.29, 1.82) is 0 Å². The van der Waals surface area contributed by atoms with Gasteiger partial charge in [0, 0.05) is 48.7 Å². The van der Waals surface area contributed by atoms with Crippen LogP contribution in [-0.2, 0) is 14.2 Å². The minimum atomic E-state index is -4.88. The molecule has 16 nitrogen and oxygen atoms in total. The van der Waals surface area contributed by atoms with Crippen LogP contribution in [-0.4, -0.2) is 123 Å². The predicted molar refractivity (Wildman–Crippen MR) is 196 cm³/mol. The molecule has 2 aliphatic rings. The number of carboxylic acid groups (broad SMARTS) is 1. The van der Waals surface area contributed by atoms with E-state index in [0.717, 1.165) is 36.3 Å². The average Bonchev–Trinajstić information content (AvgIpc) is 3.08. The van der Waals surface area contributed by atoms with E-state index in [1.807, 2.05) is 13.8 Å². The van der Waals surface area contributed by atoms with E-state index < -0.39 is 49.2 Å². The van der Waals surface area contributed by atoms with Crippen LogP contribution in [0.5, 0.6) is 0 Å². The molecule has 52 heavy (non-hydrogen) atoms. The number of primary amides is 1. The van der Waals surface area contributed by atoms with Gasteiger partial charge in [-0.25, -0.2) is 9.59 Å². The molecular weight excluding hydrogens is 693 g/mol. The number of nitrogens with zero attached hydrogens (tertiary/aromatic N) is 3. The van der Waals surface area contributed by atoms with Crippen LogP contribution in [0.3, 0.4) is 0 Å². The average molecular weight is 748 g/mol. The maximum Gasteiger partial charge on any atom is 0.342 e. The summed E-state index contributed by atoms with van der Waals surface area (Å²) in [5.74, 6) is -4.73. The third-order valence-electron chi connectivity index (χ3n) is 9.43. The van der Waals surface area contributed by atoms with Crippen molar-refractivity contribution in [2.24, 2.45) is 17.4 Å². The van der Waals surface area contributed by atoms with E-state index in [9.17, 15) is 43.4 Å². The first-order chi connectivity index (χ1) is 24.5. The summed E-state index contributed by atoms with van der Waals surface area (Å²) in [6.07, 6.45) is 2.12. The van der Waals surface area contributed by atoms with Crippen molar-refractivity contribution in [3.63, 3.8) is 0 Å². The molecule has 9 N–H and O–H groups in total. The molecule has 0 bridgehead atoms. The minimum Gasteiger partial charge on any atom is -0.480 e. The normalized spacial score (nSPS) is 18.1. The number of unbranched alkanes of at least 4 members (excludes halogenated alkanes) is 1. The Bertz CT molecular complexity index is 1580. The molecular formula is C35H54N7O9P. The second-order valence-corrected chi connectivity index (χ2v) is 15.5. The van der Waals surface area contributed by atoms with Crippen molar-refractivity contribution in [2.45, 2.75) is 83.2 Å². The molecule has 4 atom stereocenters. The summed E-state index contributed by atoms with van der Waals surface area (Å²) in [5.41, 5.74) is 11.3. The lowest BCUT2D eigenvalue weighted by atomic mass is 9.94.